The smallest absolute Gasteiger partial charge is 0.399 e. The number of carbonyl (C=O) groups excluding carboxylic acids is 3. The number of aromatic amines is 2. The van der Waals surface area contributed by atoms with E-state index >= 15 is 0 Å². The van der Waals surface area contributed by atoms with Gasteiger partial charge in [0.1, 0.15) is 17.2 Å². The Balaban J connectivity index is 0.000000206. The molecule has 4 amide bonds. The Morgan fingerprint density at radius 3 is 1.65 bits per heavy atom. The van der Waals surface area contributed by atoms with Gasteiger partial charge in [0, 0.05) is 34.9 Å². The van der Waals surface area contributed by atoms with E-state index in [9.17, 15) is 31.9 Å². The third-order valence-electron chi connectivity index (χ3n) is 7.77. The van der Waals surface area contributed by atoms with Gasteiger partial charge in [-0.2, -0.15) is 13.2 Å². The van der Waals surface area contributed by atoms with Crippen LogP contribution in [-0.2, 0) is 6.18 Å². The van der Waals surface area contributed by atoms with Gasteiger partial charge in [-0.25, -0.2) is 9.18 Å². The number of rotatable bonds is 6. The molecule has 0 fully saturated rings. The molecule has 0 aliphatic carbocycles. The van der Waals surface area contributed by atoms with E-state index < -0.39 is 41.1 Å². The fraction of sp³-hybridized carbons (Fsp3) is 0.0278. The molecule has 0 aliphatic rings. The van der Waals surface area contributed by atoms with E-state index in [4.69, 9.17) is 17.2 Å². The third kappa shape index (κ3) is 7.20. The zero-order valence-electron chi connectivity index (χ0n) is 26.7. The number of urea groups is 1. The molecule has 0 unspecified atom stereocenters. The number of hydrogen-bond donors (Lipinski definition) is 7. The Labute approximate surface area is 291 Å². The summed E-state index contributed by atoms with van der Waals surface area (Å²) in [4.78, 5) is 50.1. The summed E-state index contributed by atoms with van der Waals surface area (Å²) >= 11 is 0. The van der Waals surface area contributed by atoms with Gasteiger partial charge in [0.05, 0.1) is 33.3 Å². The Bertz CT molecular complexity index is 2460. The number of hydrogen-bond acceptors (Lipinski definition) is 6. The van der Waals surface area contributed by atoms with E-state index in [1.807, 2.05) is 18.2 Å². The number of alkyl halides is 3. The van der Waals surface area contributed by atoms with Gasteiger partial charge in [0.25, 0.3) is 11.8 Å². The standard InChI is InChI=1S/C22H15F4N5O2.C14H12N4O/c23-14-8-5-12(22(24,25)26)10-16(14)31-21(33)29-13-6-3-11(4-7-13)17-18-15(2-1-9-28-18)30-19(17)20(27)32;15-9-5-3-8(4-6-9)11-12-10(2-1-7-17-12)18-13(11)14(16)19/h1-10,30H,(H2,27,32)(H2,29,31,33);1-7,18H,15H2,(H2,16,19). The number of nitrogens with zero attached hydrogens (tertiary/aromatic N) is 2. The number of nitrogens with one attached hydrogen (secondary N) is 4. The molecule has 4 heterocycles. The minimum absolute atomic E-state index is 0.169. The number of anilines is 3. The first-order chi connectivity index (χ1) is 24.8. The van der Waals surface area contributed by atoms with Crippen molar-refractivity contribution in [3.63, 3.8) is 0 Å². The average molecular weight is 710 g/mol. The molecule has 0 radical (unpaired) electrons. The molecule has 0 aliphatic heterocycles. The molecule has 0 spiro atoms. The largest absolute Gasteiger partial charge is 0.416 e. The van der Waals surface area contributed by atoms with Crippen molar-refractivity contribution < 1.29 is 31.9 Å². The summed E-state index contributed by atoms with van der Waals surface area (Å²) in [7, 11) is 0. The van der Waals surface area contributed by atoms with E-state index in [0.29, 0.717) is 57.3 Å². The van der Waals surface area contributed by atoms with Gasteiger partial charge in [0.2, 0.25) is 0 Å². The fourth-order valence-corrected chi connectivity index (χ4v) is 5.43. The Morgan fingerprint density at radius 2 is 1.17 bits per heavy atom. The molecule has 7 aromatic rings. The predicted molar refractivity (Wildman–Crippen MR) is 189 cm³/mol. The molecule has 16 heteroatoms. The monoisotopic (exact) mass is 709 g/mol. The van der Waals surface area contributed by atoms with Gasteiger partial charge in [-0.15, -0.1) is 0 Å². The van der Waals surface area contributed by atoms with E-state index in [0.717, 1.165) is 16.6 Å². The Hall–Kier alpha value is -7.23. The maximum atomic E-state index is 13.8. The maximum Gasteiger partial charge on any atom is 0.416 e. The highest BCUT2D eigenvalue weighted by molar-refractivity contribution is 6.09. The lowest BCUT2D eigenvalue weighted by Crippen LogP contribution is -2.20. The van der Waals surface area contributed by atoms with E-state index in [1.165, 1.54) is 12.1 Å². The van der Waals surface area contributed by atoms with Gasteiger partial charge in [0.15, 0.2) is 0 Å². The van der Waals surface area contributed by atoms with Crippen molar-refractivity contribution in [2.45, 2.75) is 6.18 Å². The Kier molecular flexibility index (Phi) is 9.29. The van der Waals surface area contributed by atoms with Gasteiger partial charge >= 0.3 is 12.2 Å². The van der Waals surface area contributed by atoms with E-state index in [1.54, 1.807) is 54.9 Å². The van der Waals surface area contributed by atoms with Crippen LogP contribution in [0.2, 0.25) is 0 Å². The molecule has 0 atom stereocenters. The van der Waals surface area contributed by atoms with Crippen LogP contribution in [0.25, 0.3) is 44.3 Å². The SMILES string of the molecule is NC(=O)c1[nH]c2cccnc2c1-c1ccc(N)cc1.NC(=O)c1[nH]c2cccnc2c1-c1ccc(NC(=O)Nc2cc(C(F)(F)F)ccc2F)cc1. The summed E-state index contributed by atoms with van der Waals surface area (Å²) in [5.74, 6) is -2.20. The molecule has 0 saturated heterocycles. The normalized spacial score (nSPS) is 11.2. The van der Waals surface area contributed by atoms with Crippen LogP contribution in [0.4, 0.5) is 39.4 Å². The van der Waals surface area contributed by atoms with Gasteiger partial charge < -0.3 is 37.8 Å². The lowest BCUT2D eigenvalue weighted by Gasteiger charge is -2.12. The van der Waals surface area contributed by atoms with Crippen molar-refractivity contribution in [1.82, 2.24) is 19.9 Å². The topological polar surface area (TPSA) is 211 Å². The van der Waals surface area contributed by atoms with Crippen molar-refractivity contribution >= 4 is 57.0 Å². The van der Waals surface area contributed by atoms with Crippen LogP contribution in [0.15, 0.2) is 103 Å². The predicted octanol–water partition coefficient (Wildman–Crippen LogP) is 7.04. The molecule has 0 bridgehead atoms. The molecule has 262 valence electrons. The highest BCUT2D eigenvalue weighted by atomic mass is 19.4. The minimum Gasteiger partial charge on any atom is -0.399 e. The summed E-state index contributed by atoms with van der Waals surface area (Å²) in [5.41, 5.74) is 21.6. The zero-order valence-corrected chi connectivity index (χ0v) is 26.7. The fourth-order valence-electron chi connectivity index (χ4n) is 5.43. The number of nitrogens with two attached hydrogens (primary N) is 3. The van der Waals surface area contributed by atoms with Gasteiger partial charge in [-0.3, -0.25) is 19.6 Å². The maximum absolute atomic E-state index is 13.8. The quantitative estimate of drug-likeness (QED) is 0.0710. The molecule has 4 aromatic heterocycles. The molecule has 0 saturated carbocycles. The first kappa shape index (κ1) is 34.6. The van der Waals surface area contributed by atoms with Crippen LogP contribution >= 0.6 is 0 Å². The average Bonchev–Trinajstić information content (AvgIpc) is 3.70. The van der Waals surface area contributed by atoms with Crippen molar-refractivity contribution in [3.8, 4) is 22.3 Å². The van der Waals surface area contributed by atoms with Gasteiger partial charge in [-0.1, -0.05) is 24.3 Å². The first-order valence-corrected chi connectivity index (χ1v) is 15.2. The number of fused-ring (bicyclic) bond motifs is 2. The second-order valence-electron chi connectivity index (χ2n) is 11.2. The highest BCUT2D eigenvalue weighted by Crippen LogP contribution is 2.34. The first-order valence-electron chi connectivity index (χ1n) is 15.2. The molecule has 7 rings (SSSR count). The zero-order chi connectivity index (χ0) is 37.2. The van der Waals surface area contributed by atoms with Crippen molar-refractivity contribution in [2.24, 2.45) is 11.5 Å². The second kappa shape index (κ2) is 13.9. The van der Waals surface area contributed by atoms with Crippen molar-refractivity contribution in [1.29, 1.82) is 0 Å². The summed E-state index contributed by atoms with van der Waals surface area (Å²) in [6, 6.07) is 21.3. The Morgan fingerprint density at radius 1 is 0.673 bits per heavy atom. The number of pyridine rings is 2. The minimum atomic E-state index is -4.68. The van der Waals surface area contributed by atoms with Crippen LogP contribution in [0.5, 0.6) is 0 Å². The van der Waals surface area contributed by atoms with Crippen LogP contribution in [-0.4, -0.2) is 37.8 Å². The summed E-state index contributed by atoms with van der Waals surface area (Å²) in [6.45, 7) is 0. The van der Waals surface area contributed by atoms with Crippen molar-refractivity contribution in [3.05, 3.63) is 126 Å². The van der Waals surface area contributed by atoms with Crippen LogP contribution in [0.3, 0.4) is 0 Å². The van der Waals surface area contributed by atoms with Crippen LogP contribution in [0, 0.1) is 5.82 Å². The molecule has 52 heavy (non-hydrogen) atoms. The molecule has 12 nitrogen and oxygen atoms in total. The van der Waals surface area contributed by atoms with Gasteiger partial charge in [-0.05, 0) is 77.9 Å². The number of nitrogen functional groups attached to an aromatic ring is 1. The van der Waals surface area contributed by atoms with Crippen LogP contribution < -0.4 is 27.8 Å². The second-order valence-corrected chi connectivity index (χ2v) is 11.2. The number of aromatic nitrogens is 4. The summed E-state index contributed by atoms with van der Waals surface area (Å²) in [5, 5.41) is 4.47. The molecule has 3 aromatic carbocycles. The lowest BCUT2D eigenvalue weighted by molar-refractivity contribution is -0.137. The number of carbonyl (C=O) groups is 3. The molecule has 10 N–H and O–H groups in total. The van der Waals surface area contributed by atoms with Crippen molar-refractivity contribution in [2.75, 3.05) is 16.4 Å². The van der Waals surface area contributed by atoms with Crippen LogP contribution in [0.1, 0.15) is 26.5 Å². The molecular weight excluding hydrogens is 682 g/mol. The third-order valence-corrected chi connectivity index (χ3v) is 7.77. The number of halogens is 4. The van der Waals surface area contributed by atoms with E-state index in [2.05, 4.69) is 30.6 Å². The summed E-state index contributed by atoms with van der Waals surface area (Å²) < 4.78 is 52.3. The lowest BCUT2D eigenvalue weighted by atomic mass is 10.0. The number of H-pyrrole nitrogens is 2. The molecular formula is C36H27F4N9O3. The summed E-state index contributed by atoms with van der Waals surface area (Å²) in [6.07, 6.45) is -1.43. The number of amides is 4. The number of benzene rings is 3. The van der Waals surface area contributed by atoms with E-state index in [-0.39, 0.29) is 11.4 Å². The number of primary amides is 2. The highest BCUT2D eigenvalue weighted by Gasteiger charge is 2.31.